The van der Waals surface area contributed by atoms with Gasteiger partial charge in [0.15, 0.2) is 5.96 Å². The molecule has 9 heteroatoms. The van der Waals surface area contributed by atoms with Gasteiger partial charge in [0.05, 0.1) is 4.90 Å². The molecule has 0 saturated carbocycles. The molecular weight excluding hydrogens is 531 g/mol. The number of thiophene rings is 1. The van der Waals surface area contributed by atoms with Crippen LogP contribution in [0, 0.1) is 5.92 Å². The molecule has 0 bridgehead atoms. The molecule has 0 aliphatic heterocycles. The average Bonchev–Trinajstić information content (AvgIpc) is 3.13. The molecular formula is C21H33IN4O2S2. The minimum Gasteiger partial charge on any atom is -0.356 e. The van der Waals surface area contributed by atoms with Gasteiger partial charge < -0.3 is 10.6 Å². The first kappa shape index (κ1) is 26.9. The van der Waals surface area contributed by atoms with Crippen molar-refractivity contribution in [1.29, 1.82) is 0 Å². The van der Waals surface area contributed by atoms with Crippen LogP contribution in [0.3, 0.4) is 0 Å². The number of nitrogens with one attached hydrogen (secondary N) is 3. The summed E-state index contributed by atoms with van der Waals surface area (Å²) in [4.78, 5) is 5.91. The van der Waals surface area contributed by atoms with Crippen molar-refractivity contribution in [2.45, 2.75) is 51.1 Å². The zero-order chi connectivity index (χ0) is 21.5. The minimum atomic E-state index is -3.61. The molecule has 1 atom stereocenters. The van der Waals surface area contributed by atoms with Crippen molar-refractivity contribution in [3.8, 4) is 0 Å². The molecule has 0 aliphatic carbocycles. The van der Waals surface area contributed by atoms with Crippen molar-refractivity contribution in [2.75, 3.05) is 13.6 Å². The SMILES string of the molecule is CN=C(NCc1ccccc1S(=O)(=O)NC(C)(C)C)NCC(C)Cc1cccs1.I. The third kappa shape index (κ3) is 8.91. The molecule has 0 fully saturated rings. The van der Waals surface area contributed by atoms with Crippen LogP contribution in [0.5, 0.6) is 0 Å². The number of aliphatic imine (C=N–C) groups is 1. The van der Waals surface area contributed by atoms with Crippen LogP contribution in [0.25, 0.3) is 0 Å². The van der Waals surface area contributed by atoms with Gasteiger partial charge >= 0.3 is 0 Å². The van der Waals surface area contributed by atoms with E-state index in [1.165, 1.54) is 4.88 Å². The number of halogens is 1. The molecule has 0 radical (unpaired) electrons. The molecule has 0 aliphatic rings. The number of hydrogen-bond acceptors (Lipinski definition) is 4. The van der Waals surface area contributed by atoms with Gasteiger partial charge in [-0.1, -0.05) is 31.2 Å². The average molecular weight is 565 g/mol. The van der Waals surface area contributed by atoms with E-state index in [0.29, 0.717) is 24.0 Å². The first-order valence-electron chi connectivity index (χ1n) is 9.69. The Morgan fingerprint density at radius 2 is 1.83 bits per heavy atom. The van der Waals surface area contributed by atoms with Gasteiger partial charge in [0.2, 0.25) is 10.0 Å². The molecule has 0 saturated heterocycles. The second kappa shape index (κ2) is 12.0. The Kier molecular flexibility index (Phi) is 10.8. The van der Waals surface area contributed by atoms with Crippen molar-refractivity contribution < 1.29 is 8.42 Å². The molecule has 2 aromatic rings. The zero-order valence-electron chi connectivity index (χ0n) is 18.2. The van der Waals surface area contributed by atoms with Crippen LogP contribution in [0.15, 0.2) is 51.7 Å². The summed E-state index contributed by atoms with van der Waals surface area (Å²) in [5, 5.41) is 8.64. The van der Waals surface area contributed by atoms with Crippen LogP contribution in [-0.4, -0.2) is 33.5 Å². The van der Waals surface area contributed by atoms with E-state index in [0.717, 1.165) is 13.0 Å². The molecule has 6 nitrogen and oxygen atoms in total. The van der Waals surface area contributed by atoms with E-state index in [9.17, 15) is 8.42 Å². The summed E-state index contributed by atoms with van der Waals surface area (Å²) >= 11 is 1.77. The second-order valence-corrected chi connectivity index (χ2v) is 10.8. The van der Waals surface area contributed by atoms with Gasteiger partial charge in [-0.15, -0.1) is 35.3 Å². The highest BCUT2D eigenvalue weighted by molar-refractivity contribution is 14.0. The highest BCUT2D eigenvalue weighted by atomic mass is 127. The summed E-state index contributed by atoms with van der Waals surface area (Å²) in [5.41, 5.74) is 0.147. The van der Waals surface area contributed by atoms with Crippen LogP contribution in [0.4, 0.5) is 0 Å². The lowest BCUT2D eigenvalue weighted by Gasteiger charge is -2.22. The van der Waals surface area contributed by atoms with Crippen molar-refractivity contribution in [3.63, 3.8) is 0 Å². The van der Waals surface area contributed by atoms with E-state index in [-0.39, 0.29) is 28.9 Å². The zero-order valence-corrected chi connectivity index (χ0v) is 22.2. The molecule has 1 aromatic heterocycles. The Balaban J connectivity index is 0.00000450. The van der Waals surface area contributed by atoms with E-state index in [4.69, 9.17) is 0 Å². The Hall–Kier alpha value is -1.17. The number of nitrogens with zero attached hydrogens (tertiary/aromatic N) is 1. The van der Waals surface area contributed by atoms with Crippen LogP contribution in [-0.2, 0) is 23.0 Å². The lowest BCUT2D eigenvalue weighted by Crippen LogP contribution is -2.41. The van der Waals surface area contributed by atoms with Crippen molar-refractivity contribution in [2.24, 2.45) is 10.9 Å². The summed E-state index contributed by atoms with van der Waals surface area (Å²) in [7, 11) is -1.90. The third-order valence-corrected chi connectivity index (χ3v) is 6.88. The first-order chi connectivity index (χ1) is 13.6. The molecule has 1 aromatic carbocycles. The number of benzene rings is 1. The highest BCUT2D eigenvalue weighted by Gasteiger charge is 2.24. The molecule has 0 spiro atoms. The van der Waals surface area contributed by atoms with Crippen molar-refractivity contribution in [1.82, 2.24) is 15.4 Å². The Labute approximate surface area is 202 Å². The summed E-state index contributed by atoms with van der Waals surface area (Å²) in [6.45, 7) is 8.82. The van der Waals surface area contributed by atoms with Gasteiger partial charge in [0.1, 0.15) is 0 Å². The maximum Gasteiger partial charge on any atom is 0.241 e. The van der Waals surface area contributed by atoms with E-state index in [2.05, 4.69) is 44.8 Å². The number of guanidine groups is 1. The Bertz CT molecular complexity index is 907. The summed E-state index contributed by atoms with van der Waals surface area (Å²) in [6.07, 6.45) is 1.02. The molecule has 168 valence electrons. The fraction of sp³-hybridized carbons (Fsp3) is 0.476. The third-order valence-electron chi connectivity index (χ3n) is 4.12. The lowest BCUT2D eigenvalue weighted by molar-refractivity contribution is 0.491. The predicted molar refractivity (Wildman–Crippen MR) is 137 cm³/mol. The normalized spacial score (nSPS) is 13.4. The topological polar surface area (TPSA) is 82.6 Å². The molecule has 0 amide bonds. The van der Waals surface area contributed by atoms with Gasteiger partial charge in [-0.25, -0.2) is 13.1 Å². The minimum absolute atomic E-state index is 0. The Morgan fingerprint density at radius 3 is 2.43 bits per heavy atom. The molecule has 1 heterocycles. The monoisotopic (exact) mass is 564 g/mol. The van der Waals surface area contributed by atoms with Crippen molar-refractivity contribution in [3.05, 3.63) is 52.2 Å². The van der Waals surface area contributed by atoms with E-state index in [1.54, 1.807) is 30.5 Å². The van der Waals surface area contributed by atoms with Gasteiger partial charge in [-0.05, 0) is 56.2 Å². The van der Waals surface area contributed by atoms with Crippen LogP contribution in [0.1, 0.15) is 38.1 Å². The molecule has 1 unspecified atom stereocenters. The van der Waals surface area contributed by atoms with Gasteiger partial charge in [-0.3, -0.25) is 4.99 Å². The number of rotatable bonds is 8. The second-order valence-electron chi connectivity index (χ2n) is 8.16. The standard InChI is InChI=1S/C21H32N4O2S2.HI/c1-16(13-18-10-8-12-28-18)14-23-20(22-5)24-15-17-9-6-7-11-19(17)29(26,27)25-21(2,3)4;/h6-12,16,25H,13-15H2,1-5H3,(H2,22,23,24);1H. The van der Waals surface area contributed by atoms with Gasteiger partial charge in [-0.2, -0.15) is 0 Å². The largest absolute Gasteiger partial charge is 0.356 e. The summed E-state index contributed by atoms with van der Waals surface area (Å²) in [5.74, 6) is 1.11. The smallest absolute Gasteiger partial charge is 0.241 e. The maximum absolute atomic E-state index is 12.8. The van der Waals surface area contributed by atoms with E-state index < -0.39 is 15.6 Å². The van der Waals surface area contributed by atoms with Crippen LogP contribution in [0.2, 0.25) is 0 Å². The van der Waals surface area contributed by atoms with Crippen LogP contribution >= 0.6 is 35.3 Å². The molecule has 30 heavy (non-hydrogen) atoms. The fourth-order valence-electron chi connectivity index (χ4n) is 2.88. The first-order valence-corrected chi connectivity index (χ1v) is 12.1. The number of sulfonamides is 1. The number of hydrogen-bond donors (Lipinski definition) is 3. The summed E-state index contributed by atoms with van der Waals surface area (Å²) < 4.78 is 28.2. The molecule has 2 rings (SSSR count). The summed E-state index contributed by atoms with van der Waals surface area (Å²) in [6, 6.07) is 11.2. The van der Waals surface area contributed by atoms with E-state index >= 15 is 0 Å². The highest BCUT2D eigenvalue weighted by Crippen LogP contribution is 2.18. The quantitative estimate of drug-likeness (QED) is 0.257. The Morgan fingerprint density at radius 1 is 1.13 bits per heavy atom. The van der Waals surface area contributed by atoms with Crippen LogP contribution < -0.4 is 15.4 Å². The van der Waals surface area contributed by atoms with Gasteiger partial charge in [0, 0.05) is 30.6 Å². The molecule has 3 N–H and O–H groups in total. The van der Waals surface area contributed by atoms with Crippen molar-refractivity contribution >= 4 is 51.3 Å². The maximum atomic E-state index is 12.8. The van der Waals surface area contributed by atoms with E-state index in [1.807, 2.05) is 32.9 Å². The van der Waals surface area contributed by atoms with Gasteiger partial charge in [0.25, 0.3) is 0 Å². The predicted octanol–water partition coefficient (Wildman–Crippen LogP) is 3.99. The fourth-order valence-corrected chi connectivity index (χ4v) is 5.41. The lowest BCUT2D eigenvalue weighted by atomic mass is 10.1.